The number of likely N-dealkylation sites (tertiary alicyclic amines) is 2. The predicted molar refractivity (Wildman–Crippen MR) is 317 cm³/mol. The van der Waals surface area contributed by atoms with Crippen LogP contribution in [-0.4, -0.2) is 139 Å². The van der Waals surface area contributed by atoms with Crippen molar-refractivity contribution in [3.63, 3.8) is 0 Å². The fourth-order valence-corrected chi connectivity index (χ4v) is 11.5. The number of aryl methyl sites for hydroxylation is 2. The monoisotopic (exact) mass is 1120 g/mol. The summed E-state index contributed by atoms with van der Waals surface area (Å²) >= 11 is 9.51. The molecule has 9 heterocycles. The number of benzene rings is 2. The third kappa shape index (κ3) is 14.0. The van der Waals surface area contributed by atoms with Gasteiger partial charge in [-0.05, 0) is 148 Å². The Morgan fingerprint density at radius 3 is 1.60 bits per heavy atom. The van der Waals surface area contributed by atoms with Gasteiger partial charge in [0.15, 0.2) is 0 Å². The number of nitrogens with zero attached hydrogens (tertiary/aromatic N) is 8. The molecule has 5 fully saturated rings. The number of thiazole rings is 2. The van der Waals surface area contributed by atoms with Crippen LogP contribution in [0.3, 0.4) is 0 Å². The lowest BCUT2D eigenvalue weighted by Gasteiger charge is -2.32. The number of rotatable bonds is 10. The molecule has 0 unspecified atom stereocenters. The van der Waals surface area contributed by atoms with Crippen molar-refractivity contribution in [2.45, 2.75) is 92.3 Å². The molecule has 78 heavy (non-hydrogen) atoms. The number of amides is 4. The molecule has 4 aromatic heterocycles. The topological polar surface area (TPSA) is 160 Å². The largest absolute Gasteiger partial charge is 0.507 e. The first-order chi connectivity index (χ1) is 37.6. The van der Waals surface area contributed by atoms with Crippen LogP contribution < -0.4 is 25.2 Å². The fourth-order valence-electron chi connectivity index (χ4n) is 10.1. The minimum atomic E-state index is -0.262. The highest BCUT2D eigenvalue weighted by Gasteiger charge is 2.52. The maximum atomic E-state index is 12.9. The standard InChI is InChI=1S/C26H31N5O2S.C23H29ClN4O2.C9H14BNO2S/c1-3-19-6-7-31(16-19)26(32)28-21-5-4-18(2)22(14-21)20-12-23(24-15-27-17-34-24)29-25(13-20)30-8-10-33-11-9-30;1-3-17-6-7-28(15-17)23(29)25-19-5-4-16(2)20(14-19)18-12-21(24)26-22(13-18)27-8-10-30-11-9-27;1-8(2)9(3,4)13-10(12-8)7-5-11-6-14-7/h4-5,12-15,17,19H,3,6-11,16H2,1-2H3,(H,28,32);4-5,12-14,17H,3,6-11,15H2,1-2H3,(H,25,29);5-6H,1-4H3/t19-;17-;/m11./s1. The Morgan fingerprint density at radius 1 is 0.654 bits per heavy atom. The molecule has 0 spiro atoms. The number of morpholine rings is 2. The second-order valence-electron chi connectivity index (χ2n) is 21.6. The smallest absolute Gasteiger partial charge is 0.399 e. The van der Waals surface area contributed by atoms with E-state index in [4.69, 9.17) is 35.4 Å². The maximum Gasteiger partial charge on any atom is 0.507 e. The summed E-state index contributed by atoms with van der Waals surface area (Å²) in [7, 11) is -0.257. The van der Waals surface area contributed by atoms with Gasteiger partial charge in [-0.1, -0.05) is 50.4 Å². The normalized spacial score (nSPS) is 19.7. The van der Waals surface area contributed by atoms with Gasteiger partial charge in [-0.2, -0.15) is 0 Å². The molecule has 6 aromatic rings. The molecular formula is C58H74BClN10O6S2. The molecule has 4 amide bonds. The number of hydrogen-bond acceptors (Lipinski definition) is 14. The van der Waals surface area contributed by atoms with E-state index in [1.165, 1.54) is 0 Å². The zero-order valence-electron chi connectivity index (χ0n) is 46.4. The second kappa shape index (κ2) is 25.6. The Labute approximate surface area is 473 Å². The molecule has 0 radical (unpaired) electrons. The Balaban J connectivity index is 0.000000154. The number of ether oxygens (including phenoxy) is 2. The van der Waals surface area contributed by atoms with Gasteiger partial charge in [0.1, 0.15) is 16.8 Å². The van der Waals surface area contributed by atoms with Gasteiger partial charge in [0.25, 0.3) is 0 Å². The number of pyridine rings is 2. The third-order valence-corrected chi connectivity index (χ3v) is 17.6. The van der Waals surface area contributed by atoms with E-state index in [0.717, 1.165) is 150 Å². The molecule has 5 aliphatic heterocycles. The zero-order valence-corrected chi connectivity index (χ0v) is 48.7. The van der Waals surface area contributed by atoms with E-state index < -0.39 is 0 Å². The molecule has 2 aromatic carbocycles. The molecule has 0 bridgehead atoms. The minimum Gasteiger partial charge on any atom is -0.399 e. The lowest BCUT2D eigenvalue weighted by molar-refractivity contribution is 0.00578. The van der Waals surface area contributed by atoms with Crippen LogP contribution in [0.15, 0.2) is 84.1 Å². The maximum absolute atomic E-state index is 12.9. The van der Waals surface area contributed by atoms with Crippen molar-refractivity contribution >= 4 is 81.2 Å². The SMILES string of the molecule is CC1(C)OB(c2cncs2)OC1(C)C.CC[C@@H]1CCN(C(=O)Nc2ccc(C)c(-c3cc(-c4cncs4)nc(N4CCOCC4)c3)c2)C1.CC[C@@H]1CCN(C(=O)Nc2ccc(C)c(-c3cc(Cl)nc(N4CCOCC4)c3)c2)C1. The molecular weight excluding hydrogens is 1040 g/mol. The van der Waals surface area contributed by atoms with E-state index in [1.807, 2.05) is 79.5 Å². The van der Waals surface area contributed by atoms with Crippen LogP contribution in [0.2, 0.25) is 5.15 Å². The summed E-state index contributed by atoms with van der Waals surface area (Å²) in [6.07, 6.45) is 8.07. The fraction of sp³-hybridized carbons (Fsp3) is 0.483. The molecule has 414 valence electrons. The number of nitrogens with one attached hydrogen (secondary N) is 2. The zero-order chi connectivity index (χ0) is 55.0. The van der Waals surface area contributed by atoms with Crippen molar-refractivity contribution in [2.24, 2.45) is 11.8 Å². The van der Waals surface area contributed by atoms with Gasteiger partial charge in [-0.25, -0.2) is 19.6 Å². The number of carbonyl (C=O) groups is 2. The lowest BCUT2D eigenvalue weighted by atomic mass is 9.89. The van der Waals surface area contributed by atoms with E-state index in [2.05, 4.69) is 93.4 Å². The van der Waals surface area contributed by atoms with E-state index in [-0.39, 0.29) is 30.4 Å². The first-order valence-corrected chi connectivity index (χ1v) is 29.5. The van der Waals surface area contributed by atoms with Crippen molar-refractivity contribution in [1.82, 2.24) is 29.7 Å². The Kier molecular flexibility index (Phi) is 18.7. The van der Waals surface area contributed by atoms with Crippen molar-refractivity contribution in [3.8, 4) is 32.8 Å². The van der Waals surface area contributed by atoms with Gasteiger partial charge >= 0.3 is 19.2 Å². The first kappa shape index (κ1) is 57.0. The molecule has 5 saturated heterocycles. The summed E-state index contributed by atoms with van der Waals surface area (Å²) in [6.45, 7) is 26.1. The van der Waals surface area contributed by atoms with Crippen LogP contribution in [0.1, 0.15) is 78.4 Å². The predicted octanol–water partition coefficient (Wildman–Crippen LogP) is 11.5. The summed E-state index contributed by atoms with van der Waals surface area (Å²) in [5.41, 5.74) is 12.1. The number of aromatic nitrogens is 4. The summed E-state index contributed by atoms with van der Waals surface area (Å²) in [4.78, 5) is 52.6. The van der Waals surface area contributed by atoms with E-state index in [1.54, 1.807) is 34.4 Å². The van der Waals surface area contributed by atoms with Gasteiger partial charge in [0, 0.05) is 76.1 Å². The lowest BCUT2D eigenvalue weighted by Crippen LogP contribution is -2.41. The summed E-state index contributed by atoms with van der Waals surface area (Å²) in [5, 5.41) is 6.66. The van der Waals surface area contributed by atoms with Crippen LogP contribution in [0.4, 0.5) is 32.6 Å². The number of anilines is 4. The summed E-state index contributed by atoms with van der Waals surface area (Å²) in [5.74, 6) is 3.03. The summed E-state index contributed by atoms with van der Waals surface area (Å²) in [6, 6.07) is 20.3. The highest BCUT2D eigenvalue weighted by molar-refractivity contribution is 7.20. The molecule has 2 N–H and O–H groups in total. The van der Waals surface area contributed by atoms with Gasteiger partial charge in [-0.3, -0.25) is 9.97 Å². The van der Waals surface area contributed by atoms with Crippen molar-refractivity contribution in [2.75, 3.05) is 99.2 Å². The number of hydrogen-bond donors (Lipinski definition) is 2. The third-order valence-electron chi connectivity index (χ3n) is 15.8. The van der Waals surface area contributed by atoms with Crippen molar-refractivity contribution in [1.29, 1.82) is 0 Å². The second-order valence-corrected chi connectivity index (χ2v) is 23.8. The van der Waals surface area contributed by atoms with E-state index in [0.29, 0.717) is 43.4 Å². The van der Waals surface area contributed by atoms with Crippen LogP contribution in [-0.2, 0) is 18.8 Å². The van der Waals surface area contributed by atoms with Gasteiger partial charge in [-0.15, -0.1) is 22.7 Å². The van der Waals surface area contributed by atoms with Gasteiger partial charge in [0.05, 0.1) is 64.0 Å². The molecule has 0 saturated carbocycles. The highest BCUT2D eigenvalue weighted by Crippen LogP contribution is 2.38. The number of halogens is 1. The van der Waals surface area contributed by atoms with Crippen LogP contribution in [0, 0.1) is 25.7 Å². The van der Waals surface area contributed by atoms with Crippen molar-refractivity contribution in [3.05, 3.63) is 100 Å². The molecule has 5 aliphatic rings. The van der Waals surface area contributed by atoms with Gasteiger partial charge < -0.3 is 49.0 Å². The number of urea groups is 2. The molecule has 11 rings (SSSR count). The Morgan fingerprint density at radius 2 is 1.14 bits per heavy atom. The minimum absolute atomic E-state index is 0.0140. The average Bonchev–Trinajstić information content (AvgIpc) is 4.33. The van der Waals surface area contributed by atoms with Crippen LogP contribution in [0.5, 0.6) is 0 Å². The molecule has 20 heteroatoms. The van der Waals surface area contributed by atoms with Crippen molar-refractivity contribution < 1.29 is 28.4 Å². The number of carbonyl (C=O) groups excluding carboxylic acids is 2. The highest BCUT2D eigenvalue weighted by atomic mass is 35.5. The van der Waals surface area contributed by atoms with E-state index >= 15 is 0 Å². The average molecular weight is 1120 g/mol. The Bertz CT molecular complexity index is 2960. The van der Waals surface area contributed by atoms with E-state index in [9.17, 15) is 9.59 Å². The Hall–Kier alpha value is -5.67. The molecule has 2 atom stereocenters. The quantitative estimate of drug-likeness (QED) is 0.0989. The van der Waals surface area contributed by atoms with Crippen LogP contribution >= 0.6 is 34.3 Å². The summed E-state index contributed by atoms with van der Waals surface area (Å²) < 4.78 is 23.7. The van der Waals surface area contributed by atoms with Crippen LogP contribution in [0.25, 0.3) is 32.8 Å². The van der Waals surface area contributed by atoms with Gasteiger partial charge in [0.2, 0.25) is 0 Å². The molecule has 16 nitrogen and oxygen atoms in total. The molecule has 0 aliphatic carbocycles. The first-order valence-electron chi connectivity index (χ1n) is 27.4.